The average Bonchev–Trinajstić information content (AvgIpc) is 2.69. The van der Waals surface area contributed by atoms with Gasteiger partial charge < -0.3 is 5.32 Å². The van der Waals surface area contributed by atoms with Gasteiger partial charge in [0.2, 0.25) is 0 Å². The Bertz CT molecular complexity index is 933. The van der Waals surface area contributed by atoms with E-state index in [1.54, 1.807) is 35.7 Å². The smallest absolute Gasteiger partial charge is 0.194 e. The summed E-state index contributed by atoms with van der Waals surface area (Å²) in [7, 11) is 0. The molecular formula is C20H16Cl2N4S. The molecule has 0 aliphatic rings. The number of hydrogen-bond acceptors (Lipinski definition) is 3. The van der Waals surface area contributed by atoms with Gasteiger partial charge in [-0.2, -0.15) is 5.10 Å². The summed E-state index contributed by atoms with van der Waals surface area (Å²) in [5.74, 6) is 0. The third-order valence-corrected chi connectivity index (χ3v) is 4.68. The number of halogens is 2. The standard InChI is InChI=1S/C20H16Cl2N4S/c21-18-7-6-17(12-19(18)22)25-20(27)26(14-16-4-2-1-3-5-16)24-13-15-8-10-23-11-9-15/h1-13H,14H2,(H,25,27)/b24-13-. The normalized spacial score (nSPS) is 10.7. The molecule has 1 aromatic heterocycles. The first kappa shape index (κ1) is 19.3. The summed E-state index contributed by atoms with van der Waals surface area (Å²) in [6.45, 7) is 0.523. The lowest BCUT2D eigenvalue weighted by Gasteiger charge is -2.21. The van der Waals surface area contributed by atoms with E-state index in [1.807, 2.05) is 48.5 Å². The van der Waals surface area contributed by atoms with Crippen molar-refractivity contribution in [2.24, 2.45) is 5.10 Å². The fourth-order valence-electron chi connectivity index (χ4n) is 2.27. The molecule has 1 N–H and O–H groups in total. The predicted octanol–water partition coefficient (Wildman–Crippen LogP) is 5.62. The van der Waals surface area contributed by atoms with Crippen LogP contribution in [0.1, 0.15) is 11.1 Å². The van der Waals surface area contributed by atoms with Gasteiger partial charge in [0.25, 0.3) is 0 Å². The zero-order valence-corrected chi connectivity index (χ0v) is 16.5. The summed E-state index contributed by atoms with van der Waals surface area (Å²) in [4.78, 5) is 4.01. The SMILES string of the molecule is S=C(Nc1ccc(Cl)c(Cl)c1)N(Cc1ccccc1)/N=C\c1ccncc1. The van der Waals surface area contributed by atoms with Crippen LogP contribution in [0, 0.1) is 0 Å². The zero-order valence-electron chi connectivity index (χ0n) is 14.2. The minimum Gasteiger partial charge on any atom is -0.331 e. The Hall–Kier alpha value is -2.47. The Morgan fingerprint density at radius 3 is 2.48 bits per heavy atom. The molecule has 0 bridgehead atoms. The van der Waals surface area contributed by atoms with Gasteiger partial charge in [-0.3, -0.25) is 4.98 Å². The van der Waals surface area contributed by atoms with Gasteiger partial charge in [0, 0.05) is 18.1 Å². The second-order valence-electron chi connectivity index (χ2n) is 5.63. The number of nitrogens with one attached hydrogen (secondary N) is 1. The minimum absolute atomic E-state index is 0.447. The quantitative estimate of drug-likeness (QED) is 0.334. The summed E-state index contributed by atoms with van der Waals surface area (Å²) in [5.41, 5.74) is 2.76. The van der Waals surface area contributed by atoms with Crippen molar-refractivity contribution in [1.82, 2.24) is 9.99 Å². The Kier molecular flexibility index (Phi) is 6.76. The summed E-state index contributed by atoms with van der Waals surface area (Å²) in [6.07, 6.45) is 5.18. The highest BCUT2D eigenvalue weighted by molar-refractivity contribution is 7.80. The molecule has 136 valence electrons. The molecule has 3 rings (SSSR count). The van der Waals surface area contributed by atoms with Crippen molar-refractivity contribution < 1.29 is 0 Å². The lowest BCUT2D eigenvalue weighted by molar-refractivity contribution is 0.448. The van der Waals surface area contributed by atoms with Crippen LogP contribution in [0.4, 0.5) is 5.69 Å². The number of benzene rings is 2. The van der Waals surface area contributed by atoms with E-state index in [9.17, 15) is 0 Å². The molecule has 0 aliphatic heterocycles. The van der Waals surface area contributed by atoms with Crippen LogP contribution in [-0.4, -0.2) is 21.3 Å². The molecule has 0 spiro atoms. The number of thiocarbonyl (C=S) groups is 1. The van der Waals surface area contributed by atoms with E-state index in [2.05, 4.69) is 15.4 Å². The average molecular weight is 415 g/mol. The fourth-order valence-corrected chi connectivity index (χ4v) is 2.80. The maximum atomic E-state index is 6.08. The first-order valence-corrected chi connectivity index (χ1v) is 9.30. The van der Waals surface area contributed by atoms with Crippen LogP contribution in [0.25, 0.3) is 0 Å². The molecule has 0 atom stereocenters. The first-order valence-electron chi connectivity index (χ1n) is 8.13. The van der Waals surface area contributed by atoms with E-state index in [1.165, 1.54) is 0 Å². The van der Waals surface area contributed by atoms with E-state index in [-0.39, 0.29) is 0 Å². The minimum atomic E-state index is 0.447. The van der Waals surface area contributed by atoms with Crippen molar-refractivity contribution in [1.29, 1.82) is 0 Å². The molecule has 0 radical (unpaired) electrons. The number of pyridine rings is 1. The highest BCUT2D eigenvalue weighted by Crippen LogP contribution is 2.25. The van der Waals surface area contributed by atoms with Gasteiger partial charge in [0.15, 0.2) is 5.11 Å². The van der Waals surface area contributed by atoms with Gasteiger partial charge in [-0.15, -0.1) is 0 Å². The summed E-state index contributed by atoms with van der Waals surface area (Å²) >= 11 is 17.6. The number of hydrazone groups is 1. The number of aromatic nitrogens is 1. The number of rotatable bonds is 5. The fraction of sp³-hybridized carbons (Fsp3) is 0.0500. The van der Waals surface area contributed by atoms with Crippen LogP contribution in [0.2, 0.25) is 10.0 Å². The van der Waals surface area contributed by atoms with Crippen molar-refractivity contribution in [3.63, 3.8) is 0 Å². The molecule has 4 nitrogen and oxygen atoms in total. The topological polar surface area (TPSA) is 40.5 Å². The van der Waals surface area contributed by atoms with Gasteiger partial charge in [0.05, 0.1) is 22.8 Å². The Morgan fingerprint density at radius 2 is 1.78 bits per heavy atom. The molecule has 2 aromatic carbocycles. The van der Waals surface area contributed by atoms with Gasteiger partial charge in [0.1, 0.15) is 0 Å². The second kappa shape index (κ2) is 9.46. The molecule has 0 fully saturated rings. The van der Waals surface area contributed by atoms with Gasteiger partial charge in [-0.05, 0) is 53.7 Å². The van der Waals surface area contributed by atoms with Gasteiger partial charge >= 0.3 is 0 Å². The van der Waals surface area contributed by atoms with Crippen LogP contribution >= 0.6 is 35.4 Å². The molecule has 0 saturated heterocycles. The molecule has 27 heavy (non-hydrogen) atoms. The molecule has 1 heterocycles. The van der Waals surface area contributed by atoms with Crippen LogP contribution < -0.4 is 5.32 Å². The third-order valence-electron chi connectivity index (χ3n) is 3.63. The Balaban J connectivity index is 1.80. The van der Waals surface area contributed by atoms with E-state index >= 15 is 0 Å². The van der Waals surface area contributed by atoms with Gasteiger partial charge in [-0.1, -0.05) is 53.5 Å². The summed E-state index contributed by atoms with van der Waals surface area (Å²) in [6, 6.07) is 19.0. The number of nitrogens with zero attached hydrogens (tertiary/aromatic N) is 3. The molecule has 7 heteroatoms. The lowest BCUT2D eigenvalue weighted by Crippen LogP contribution is -2.30. The monoisotopic (exact) mass is 414 g/mol. The lowest BCUT2D eigenvalue weighted by atomic mass is 10.2. The van der Waals surface area contributed by atoms with Crippen molar-refractivity contribution in [2.75, 3.05) is 5.32 Å². The largest absolute Gasteiger partial charge is 0.331 e. The highest BCUT2D eigenvalue weighted by Gasteiger charge is 2.10. The van der Waals surface area contributed by atoms with E-state index < -0.39 is 0 Å². The van der Waals surface area contributed by atoms with Crippen molar-refractivity contribution in [3.05, 3.63) is 94.2 Å². The Morgan fingerprint density at radius 1 is 1.04 bits per heavy atom. The molecule has 3 aromatic rings. The van der Waals surface area contributed by atoms with Gasteiger partial charge in [-0.25, -0.2) is 5.01 Å². The molecular weight excluding hydrogens is 399 g/mol. The summed E-state index contributed by atoms with van der Waals surface area (Å²) in [5, 5.41) is 10.8. The number of hydrogen-bond donors (Lipinski definition) is 1. The third kappa shape index (κ3) is 5.76. The van der Waals surface area contributed by atoms with Crippen molar-refractivity contribution >= 4 is 52.4 Å². The zero-order chi connectivity index (χ0) is 19.1. The van der Waals surface area contributed by atoms with E-state index in [4.69, 9.17) is 35.4 Å². The first-order chi connectivity index (χ1) is 13.1. The summed E-state index contributed by atoms with van der Waals surface area (Å²) < 4.78 is 0. The molecule has 0 unspecified atom stereocenters. The van der Waals surface area contributed by atoms with Crippen molar-refractivity contribution in [3.8, 4) is 0 Å². The van der Waals surface area contributed by atoms with Crippen LogP contribution in [0.15, 0.2) is 78.2 Å². The highest BCUT2D eigenvalue weighted by atomic mass is 35.5. The maximum Gasteiger partial charge on any atom is 0.194 e. The molecule has 0 amide bonds. The predicted molar refractivity (Wildman–Crippen MR) is 116 cm³/mol. The second-order valence-corrected chi connectivity index (χ2v) is 6.83. The van der Waals surface area contributed by atoms with Crippen molar-refractivity contribution in [2.45, 2.75) is 6.54 Å². The van der Waals surface area contributed by atoms with Crippen LogP contribution in [-0.2, 0) is 6.54 Å². The Labute approximate surface area is 173 Å². The van der Waals surface area contributed by atoms with E-state index in [0.717, 1.165) is 16.8 Å². The maximum absolute atomic E-state index is 6.08. The van der Waals surface area contributed by atoms with Crippen LogP contribution in [0.3, 0.4) is 0 Å². The van der Waals surface area contributed by atoms with Crippen LogP contribution in [0.5, 0.6) is 0 Å². The number of anilines is 1. The molecule has 0 aliphatic carbocycles. The molecule has 0 saturated carbocycles. The van der Waals surface area contributed by atoms with E-state index in [0.29, 0.717) is 21.7 Å².